The van der Waals surface area contributed by atoms with E-state index in [1.165, 1.54) is 24.8 Å². The van der Waals surface area contributed by atoms with Crippen molar-refractivity contribution in [3.8, 4) is 0 Å². The fourth-order valence-electron chi connectivity index (χ4n) is 3.03. The molecule has 5 nitrogen and oxygen atoms in total. The molecule has 1 aliphatic rings. The smallest absolute Gasteiger partial charge is 0.249 e. The quantitative estimate of drug-likeness (QED) is 0.778. The Balaban J connectivity index is 2.24. The number of carbonyl (C=O) groups is 1. The third kappa shape index (κ3) is 3.61. The zero-order valence-corrected chi connectivity index (χ0v) is 16.4. The molecular weight excluding hydrogens is 391 g/mol. The van der Waals surface area contributed by atoms with Gasteiger partial charge in [-0.25, -0.2) is 12.8 Å². The molecule has 0 aromatic heterocycles. The van der Waals surface area contributed by atoms with Gasteiger partial charge in [0.15, 0.2) is 9.84 Å². The van der Waals surface area contributed by atoms with Crippen LogP contribution >= 0.6 is 11.6 Å². The van der Waals surface area contributed by atoms with Crippen molar-refractivity contribution in [2.75, 3.05) is 17.2 Å². The van der Waals surface area contributed by atoms with E-state index in [2.05, 4.69) is 4.99 Å². The van der Waals surface area contributed by atoms with E-state index in [4.69, 9.17) is 11.6 Å². The maximum absolute atomic E-state index is 14.4. The lowest BCUT2D eigenvalue weighted by molar-refractivity contribution is -0.117. The Bertz CT molecular complexity index is 1040. The Hall–Kier alpha value is -2.25. The zero-order chi connectivity index (χ0) is 19.8. The average molecular weight is 409 g/mol. The van der Waals surface area contributed by atoms with Gasteiger partial charge in [0.25, 0.3) is 0 Å². The number of hydrogen-bond acceptors (Lipinski definition) is 4. The third-order valence-electron chi connectivity index (χ3n) is 4.53. The van der Waals surface area contributed by atoms with Gasteiger partial charge in [-0.05, 0) is 37.3 Å². The van der Waals surface area contributed by atoms with Gasteiger partial charge in [0, 0.05) is 21.9 Å². The summed E-state index contributed by atoms with van der Waals surface area (Å²) in [5.74, 6) is -1.08. The van der Waals surface area contributed by atoms with Gasteiger partial charge in [-0.15, -0.1) is 0 Å². The molecule has 0 N–H and O–H groups in total. The van der Waals surface area contributed by atoms with Crippen LogP contribution in [0.1, 0.15) is 25.0 Å². The van der Waals surface area contributed by atoms with E-state index in [1.54, 1.807) is 36.4 Å². The number of anilines is 1. The highest BCUT2D eigenvalue weighted by Gasteiger charge is 2.34. The highest BCUT2D eigenvalue weighted by Crippen LogP contribution is 2.32. The Kier molecular flexibility index (Phi) is 5.35. The van der Waals surface area contributed by atoms with Crippen LogP contribution in [0.2, 0.25) is 5.02 Å². The zero-order valence-electron chi connectivity index (χ0n) is 14.8. The lowest BCUT2D eigenvalue weighted by Crippen LogP contribution is -2.45. The molecule has 2 aromatic carbocycles. The molecule has 0 saturated carbocycles. The van der Waals surface area contributed by atoms with E-state index in [9.17, 15) is 17.6 Å². The predicted octanol–water partition coefficient (Wildman–Crippen LogP) is 3.44. The predicted molar refractivity (Wildman–Crippen MR) is 105 cm³/mol. The van der Waals surface area contributed by atoms with E-state index in [1.807, 2.05) is 0 Å². The summed E-state index contributed by atoms with van der Waals surface area (Å²) in [4.78, 5) is 18.3. The first-order valence-corrected chi connectivity index (χ1v) is 10.5. The number of amides is 1. The van der Waals surface area contributed by atoms with E-state index in [0.717, 1.165) is 0 Å². The number of nitrogens with zero attached hydrogens (tertiary/aromatic N) is 2. The summed E-state index contributed by atoms with van der Waals surface area (Å²) in [5.41, 5.74) is 1.24. The molecule has 0 bridgehead atoms. The van der Waals surface area contributed by atoms with E-state index < -0.39 is 26.9 Å². The first kappa shape index (κ1) is 19.5. The van der Waals surface area contributed by atoms with Gasteiger partial charge in [-0.1, -0.05) is 30.7 Å². The minimum atomic E-state index is -3.54. The second-order valence-corrected chi connectivity index (χ2v) is 9.14. The summed E-state index contributed by atoms with van der Waals surface area (Å²) in [6.07, 6.45) is 0. The van der Waals surface area contributed by atoms with Crippen LogP contribution in [0.15, 0.2) is 47.5 Å². The van der Waals surface area contributed by atoms with Gasteiger partial charge in [0.05, 0.1) is 11.4 Å². The summed E-state index contributed by atoms with van der Waals surface area (Å²) >= 11 is 6.13. The van der Waals surface area contributed by atoms with E-state index in [-0.39, 0.29) is 23.6 Å². The van der Waals surface area contributed by atoms with Crippen LogP contribution < -0.4 is 4.90 Å². The first-order valence-electron chi connectivity index (χ1n) is 8.39. The van der Waals surface area contributed by atoms with Gasteiger partial charge in [0.2, 0.25) is 5.91 Å². The minimum absolute atomic E-state index is 0.109. The normalized spacial score (nSPS) is 15.8. The molecule has 0 spiro atoms. The molecule has 27 heavy (non-hydrogen) atoms. The molecule has 3 rings (SSSR count). The molecule has 8 heteroatoms. The van der Waals surface area contributed by atoms with Crippen molar-refractivity contribution in [3.63, 3.8) is 0 Å². The standard InChI is InChI=1S/C19H18ClFN2O3S/c1-3-27(25,26)12(2)23-17-9-8-13(20)10-15(17)19(22-11-18(23)24)14-6-4-5-7-16(14)21/h4-10,12H,3,11H2,1-2H3. The number of benzene rings is 2. The summed E-state index contributed by atoms with van der Waals surface area (Å²) in [7, 11) is -3.54. The summed E-state index contributed by atoms with van der Waals surface area (Å²) in [6, 6.07) is 10.8. The summed E-state index contributed by atoms with van der Waals surface area (Å²) in [6.45, 7) is 2.70. The lowest BCUT2D eigenvalue weighted by atomic mass is 9.99. The van der Waals surface area contributed by atoms with Crippen molar-refractivity contribution in [1.82, 2.24) is 0 Å². The molecule has 1 aliphatic heterocycles. The molecule has 0 fully saturated rings. The van der Waals surface area contributed by atoms with Crippen molar-refractivity contribution in [2.45, 2.75) is 19.2 Å². The van der Waals surface area contributed by atoms with Crippen LogP contribution in [0.3, 0.4) is 0 Å². The maximum atomic E-state index is 14.4. The molecule has 1 atom stereocenters. The number of carbonyl (C=O) groups excluding carboxylic acids is 1. The minimum Gasteiger partial charge on any atom is -0.293 e. The van der Waals surface area contributed by atoms with Crippen LogP contribution in [-0.2, 0) is 14.6 Å². The van der Waals surface area contributed by atoms with Crippen molar-refractivity contribution in [1.29, 1.82) is 0 Å². The molecule has 0 radical (unpaired) electrons. The van der Waals surface area contributed by atoms with Gasteiger partial charge in [-0.2, -0.15) is 0 Å². The Labute approximate surface area is 162 Å². The number of sulfone groups is 1. The average Bonchev–Trinajstić information content (AvgIpc) is 2.77. The summed E-state index contributed by atoms with van der Waals surface area (Å²) < 4.78 is 39.2. The van der Waals surface area contributed by atoms with Crippen molar-refractivity contribution >= 4 is 38.7 Å². The number of rotatable bonds is 4. The van der Waals surface area contributed by atoms with Gasteiger partial charge in [-0.3, -0.25) is 14.7 Å². The molecule has 0 aliphatic carbocycles. The van der Waals surface area contributed by atoms with Gasteiger partial charge >= 0.3 is 0 Å². The molecule has 0 saturated heterocycles. The maximum Gasteiger partial charge on any atom is 0.249 e. The number of halogens is 2. The first-order chi connectivity index (χ1) is 12.8. The van der Waals surface area contributed by atoms with Gasteiger partial charge < -0.3 is 0 Å². The van der Waals surface area contributed by atoms with Crippen LogP contribution in [0.25, 0.3) is 0 Å². The molecule has 2 aromatic rings. The van der Waals surface area contributed by atoms with E-state index >= 15 is 0 Å². The molecule has 1 heterocycles. The van der Waals surface area contributed by atoms with Gasteiger partial charge in [0.1, 0.15) is 17.7 Å². The Morgan fingerprint density at radius 2 is 1.93 bits per heavy atom. The van der Waals surface area contributed by atoms with E-state index in [0.29, 0.717) is 16.3 Å². The highest BCUT2D eigenvalue weighted by molar-refractivity contribution is 7.92. The summed E-state index contributed by atoms with van der Waals surface area (Å²) in [5, 5.41) is -0.705. The van der Waals surface area contributed by atoms with Crippen LogP contribution in [-0.4, -0.2) is 37.7 Å². The van der Waals surface area contributed by atoms with Crippen LogP contribution in [0.4, 0.5) is 10.1 Å². The number of aliphatic imine (C=N–C) groups is 1. The number of benzodiazepines with no additional fused rings is 1. The van der Waals surface area contributed by atoms with Crippen LogP contribution in [0, 0.1) is 5.82 Å². The molecule has 1 amide bonds. The van der Waals surface area contributed by atoms with Crippen molar-refractivity contribution in [3.05, 3.63) is 64.4 Å². The molecule has 142 valence electrons. The number of fused-ring (bicyclic) bond motifs is 1. The third-order valence-corrected chi connectivity index (χ3v) is 6.82. The highest BCUT2D eigenvalue weighted by atomic mass is 35.5. The lowest BCUT2D eigenvalue weighted by Gasteiger charge is -2.29. The fraction of sp³-hybridized carbons (Fsp3) is 0.263. The molecular formula is C19H18ClFN2O3S. The second-order valence-electron chi connectivity index (χ2n) is 6.12. The Morgan fingerprint density at radius 3 is 2.59 bits per heavy atom. The Morgan fingerprint density at radius 1 is 1.22 bits per heavy atom. The van der Waals surface area contributed by atoms with Crippen molar-refractivity contribution < 1.29 is 17.6 Å². The van der Waals surface area contributed by atoms with Crippen LogP contribution in [0.5, 0.6) is 0 Å². The van der Waals surface area contributed by atoms with Crippen molar-refractivity contribution in [2.24, 2.45) is 4.99 Å². The monoisotopic (exact) mass is 408 g/mol. The largest absolute Gasteiger partial charge is 0.293 e. The second kappa shape index (κ2) is 7.40. The molecule has 1 unspecified atom stereocenters. The topological polar surface area (TPSA) is 66.8 Å². The fourth-order valence-corrected chi connectivity index (χ4v) is 4.24. The number of hydrogen-bond donors (Lipinski definition) is 0. The SMILES string of the molecule is CCS(=O)(=O)C(C)N1C(=O)CN=C(c2ccccc2F)c2cc(Cl)ccc21.